The minimum Gasteiger partial charge on any atom is -0.354 e. The van der Waals surface area contributed by atoms with Gasteiger partial charge in [-0.1, -0.05) is 24.3 Å². The number of aromatic nitrogens is 3. The third-order valence-corrected chi connectivity index (χ3v) is 5.95. The molecule has 2 aromatic carbocycles. The SMILES string of the molecule is CSCc1nc2ccccc2n1CC(=O)NCCc1nc2ccccc2s1. The van der Waals surface area contributed by atoms with Gasteiger partial charge >= 0.3 is 0 Å². The number of para-hydroxylation sites is 3. The highest BCUT2D eigenvalue weighted by Crippen LogP contribution is 2.22. The summed E-state index contributed by atoms with van der Waals surface area (Å²) in [6, 6.07) is 16.1. The van der Waals surface area contributed by atoms with Crippen LogP contribution in [0.4, 0.5) is 0 Å². The van der Waals surface area contributed by atoms with Crippen LogP contribution in [0.2, 0.25) is 0 Å². The number of carbonyl (C=O) groups is 1. The molecule has 0 saturated heterocycles. The molecule has 1 amide bonds. The molecule has 0 spiro atoms. The van der Waals surface area contributed by atoms with E-state index in [0.29, 0.717) is 6.54 Å². The number of thiazole rings is 1. The van der Waals surface area contributed by atoms with Crippen LogP contribution in [-0.4, -0.2) is 33.2 Å². The lowest BCUT2D eigenvalue weighted by atomic mass is 10.3. The van der Waals surface area contributed by atoms with Crippen LogP contribution < -0.4 is 5.32 Å². The lowest BCUT2D eigenvalue weighted by Crippen LogP contribution is -2.29. The second-order valence-corrected chi connectivity index (χ2v) is 8.19. The number of hydrogen-bond acceptors (Lipinski definition) is 5. The summed E-state index contributed by atoms with van der Waals surface area (Å²) >= 11 is 3.39. The molecular formula is C20H20N4OS2. The number of fused-ring (bicyclic) bond motifs is 2. The molecule has 0 aliphatic carbocycles. The van der Waals surface area contributed by atoms with E-state index in [1.165, 1.54) is 4.70 Å². The van der Waals surface area contributed by atoms with Crippen molar-refractivity contribution in [3.63, 3.8) is 0 Å². The second-order valence-electron chi connectivity index (χ2n) is 6.21. The van der Waals surface area contributed by atoms with Crippen molar-refractivity contribution in [3.8, 4) is 0 Å². The fourth-order valence-electron chi connectivity index (χ4n) is 3.08. The summed E-state index contributed by atoms with van der Waals surface area (Å²) in [5.41, 5.74) is 2.96. The molecule has 0 saturated carbocycles. The Morgan fingerprint density at radius 3 is 2.70 bits per heavy atom. The second kappa shape index (κ2) is 8.10. The number of hydrogen-bond donors (Lipinski definition) is 1. The van der Waals surface area contributed by atoms with E-state index in [1.807, 2.05) is 53.3 Å². The predicted octanol–water partition coefficient (Wildman–Crippen LogP) is 3.87. The van der Waals surface area contributed by atoms with Crippen molar-refractivity contribution >= 4 is 50.3 Å². The molecule has 5 nitrogen and oxygen atoms in total. The van der Waals surface area contributed by atoms with Crippen LogP contribution in [0.25, 0.3) is 21.3 Å². The summed E-state index contributed by atoms with van der Waals surface area (Å²) in [5, 5.41) is 4.07. The maximum atomic E-state index is 12.5. The summed E-state index contributed by atoms with van der Waals surface area (Å²) in [4.78, 5) is 21.8. The van der Waals surface area contributed by atoms with E-state index in [1.54, 1.807) is 23.1 Å². The van der Waals surface area contributed by atoms with Gasteiger partial charge < -0.3 is 9.88 Å². The highest BCUT2D eigenvalue weighted by atomic mass is 32.2. The Kier molecular flexibility index (Phi) is 5.40. The van der Waals surface area contributed by atoms with E-state index in [0.717, 1.165) is 39.6 Å². The fraction of sp³-hybridized carbons (Fsp3) is 0.250. The summed E-state index contributed by atoms with van der Waals surface area (Å²) in [6.07, 6.45) is 2.79. The van der Waals surface area contributed by atoms with Crippen molar-refractivity contribution in [1.29, 1.82) is 0 Å². The van der Waals surface area contributed by atoms with Crippen LogP contribution in [0.5, 0.6) is 0 Å². The van der Waals surface area contributed by atoms with Gasteiger partial charge in [0.25, 0.3) is 0 Å². The molecule has 7 heteroatoms. The number of imidazole rings is 1. The minimum absolute atomic E-state index is 0.00150. The Labute approximate surface area is 165 Å². The van der Waals surface area contributed by atoms with Crippen molar-refractivity contribution in [3.05, 3.63) is 59.4 Å². The number of carbonyl (C=O) groups excluding carboxylic acids is 1. The molecule has 0 aliphatic heterocycles. The summed E-state index contributed by atoms with van der Waals surface area (Å²) < 4.78 is 3.20. The van der Waals surface area contributed by atoms with E-state index in [4.69, 9.17) is 0 Å². The first-order chi connectivity index (χ1) is 13.2. The van der Waals surface area contributed by atoms with E-state index in [2.05, 4.69) is 21.4 Å². The topological polar surface area (TPSA) is 59.8 Å². The molecule has 0 bridgehead atoms. The van der Waals surface area contributed by atoms with Gasteiger partial charge in [0.1, 0.15) is 12.4 Å². The van der Waals surface area contributed by atoms with E-state index in [-0.39, 0.29) is 12.5 Å². The zero-order valence-corrected chi connectivity index (χ0v) is 16.6. The molecule has 4 aromatic rings. The van der Waals surface area contributed by atoms with Crippen molar-refractivity contribution in [2.45, 2.75) is 18.7 Å². The Balaban J connectivity index is 1.40. The number of nitrogens with zero attached hydrogens (tertiary/aromatic N) is 3. The molecule has 2 heterocycles. The van der Waals surface area contributed by atoms with Gasteiger partial charge in [-0.05, 0) is 30.5 Å². The van der Waals surface area contributed by atoms with Crippen LogP contribution in [0, 0.1) is 0 Å². The van der Waals surface area contributed by atoms with Crippen molar-refractivity contribution in [1.82, 2.24) is 19.9 Å². The van der Waals surface area contributed by atoms with E-state index < -0.39 is 0 Å². The van der Waals surface area contributed by atoms with Crippen LogP contribution in [-0.2, 0) is 23.5 Å². The Bertz CT molecular complexity index is 1050. The lowest BCUT2D eigenvalue weighted by molar-refractivity contribution is -0.121. The van der Waals surface area contributed by atoms with Crippen LogP contribution in [0.1, 0.15) is 10.8 Å². The largest absolute Gasteiger partial charge is 0.354 e. The van der Waals surface area contributed by atoms with Crippen molar-refractivity contribution in [2.75, 3.05) is 12.8 Å². The average molecular weight is 397 g/mol. The van der Waals surface area contributed by atoms with Gasteiger partial charge in [-0.15, -0.1) is 11.3 Å². The molecule has 0 atom stereocenters. The Morgan fingerprint density at radius 2 is 1.89 bits per heavy atom. The molecule has 2 aromatic heterocycles. The van der Waals surface area contributed by atoms with Gasteiger partial charge in [-0.25, -0.2) is 9.97 Å². The third-order valence-electron chi connectivity index (χ3n) is 4.31. The lowest BCUT2D eigenvalue weighted by Gasteiger charge is -2.09. The normalized spacial score (nSPS) is 11.3. The first kappa shape index (κ1) is 18.0. The van der Waals surface area contributed by atoms with E-state index >= 15 is 0 Å². The van der Waals surface area contributed by atoms with Crippen molar-refractivity contribution < 1.29 is 4.79 Å². The molecule has 0 unspecified atom stereocenters. The molecule has 4 rings (SSSR count). The maximum absolute atomic E-state index is 12.5. The first-order valence-corrected chi connectivity index (χ1v) is 11.0. The molecular weight excluding hydrogens is 376 g/mol. The molecule has 27 heavy (non-hydrogen) atoms. The molecule has 138 valence electrons. The zero-order valence-electron chi connectivity index (χ0n) is 15.0. The summed E-state index contributed by atoms with van der Waals surface area (Å²) in [7, 11) is 0. The number of amides is 1. The van der Waals surface area contributed by atoms with Gasteiger partial charge in [0, 0.05) is 13.0 Å². The van der Waals surface area contributed by atoms with Gasteiger partial charge in [-0.3, -0.25) is 4.79 Å². The summed E-state index contributed by atoms with van der Waals surface area (Å²) in [6.45, 7) is 0.874. The molecule has 0 fully saturated rings. The quantitative estimate of drug-likeness (QED) is 0.515. The number of benzene rings is 2. The number of rotatable bonds is 7. The minimum atomic E-state index is 0.00150. The average Bonchev–Trinajstić information content (AvgIpc) is 3.23. The smallest absolute Gasteiger partial charge is 0.240 e. The van der Waals surface area contributed by atoms with Crippen LogP contribution >= 0.6 is 23.1 Å². The highest BCUT2D eigenvalue weighted by molar-refractivity contribution is 7.97. The van der Waals surface area contributed by atoms with E-state index in [9.17, 15) is 4.79 Å². The number of nitrogens with one attached hydrogen (secondary N) is 1. The Hall–Kier alpha value is -2.38. The standard InChI is InChI=1S/C20H20N4OS2/c1-26-13-18-22-14-6-2-4-8-16(14)24(18)12-19(25)21-11-10-20-23-15-7-3-5-9-17(15)27-20/h2-9H,10-13H2,1H3,(H,21,25). The van der Waals surface area contributed by atoms with Crippen molar-refractivity contribution in [2.24, 2.45) is 0 Å². The van der Waals surface area contributed by atoms with Crippen LogP contribution in [0.15, 0.2) is 48.5 Å². The van der Waals surface area contributed by atoms with Gasteiger partial charge in [0.2, 0.25) is 5.91 Å². The fourth-order valence-corrected chi connectivity index (χ4v) is 4.52. The molecule has 0 radical (unpaired) electrons. The number of thioether (sulfide) groups is 1. The Morgan fingerprint density at radius 1 is 1.11 bits per heavy atom. The van der Waals surface area contributed by atoms with Crippen LogP contribution in [0.3, 0.4) is 0 Å². The zero-order chi connectivity index (χ0) is 18.6. The summed E-state index contributed by atoms with van der Waals surface area (Å²) in [5.74, 6) is 1.72. The molecule has 0 aliphatic rings. The highest BCUT2D eigenvalue weighted by Gasteiger charge is 2.13. The van der Waals surface area contributed by atoms with Gasteiger partial charge in [-0.2, -0.15) is 11.8 Å². The third kappa shape index (κ3) is 3.99. The predicted molar refractivity (Wildman–Crippen MR) is 113 cm³/mol. The van der Waals surface area contributed by atoms with Gasteiger partial charge in [0.15, 0.2) is 0 Å². The maximum Gasteiger partial charge on any atom is 0.240 e. The molecule has 1 N–H and O–H groups in total. The first-order valence-electron chi connectivity index (χ1n) is 8.79. The van der Waals surface area contributed by atoms with Gasteiger partial charge in [0.05, 0.1) is 32.0 Å². The monoisotopic (exact) mass is 396 g/mol.